The van der Waals surface area contributed by atoms with Gasteiger partial charge in [0.25, 0.3) is 0 Å². The third-order valence-corrected chi connectivity index (χ3v) is 3.75. The molecule has 2 aromatic rings. The third-order valence-electron chi connectivity index (χ3n) is 2.81. The lowest BCUT2D eigenvalue weighted by Gasteiger charge is -2.24. The molecule has 0 spiro atoms. The van der Waals surface area contributed by atoms with E-state index in [-0.39, 0.29) is 15.1 Å². The molecule has 98 valence electrons. The highest BCUT2D eigenvalue weighted by atomic mass is 79.9. The van der Waals surface area contributed by atoms with Gasteiger partial charge in [0, 0.05) is 10.0 Å². The molecule has 0 aromatic heterocycles. The summed E-state index contributed by atoms with van der Waals surface area (Å²) >= 11 is 8.85. The molecule has 0 aliphatic heterocycles. The van der Waals surface area contributed by atoms with Crippen LogP contribution in [0.5, 0.6) is 0 Å². The van der Waals surface area contributed by atoms with Gasteiger partial charge in [0.05, 0.1) is 5.02 Å². The summed E-state index contributed by atoms with van der Waals surface area (Å²) in [5, 5.41) is 10.4. The fourth-order valence-electron chi connectivity index (χ4n) is 1.79. The highest BCUT2D eigenvalue weighted by Crippen LogP contribution is 2.35. The molecule has 0 radical (unpaired) electrons. The smallest absolute Gasteiger partial charge is 0.171 e. The van der Waals surface area contributed by atoms with E-state index >= 15 is 0 Å². The standard InChI is InChI=1S/C14H9BrClFO2/c15-11-7-13(17)12(16)6-10(11)14(19,8-18)9-4-2-1-3-5-9/h1-8,19H. The molecule has 5 heteroatoms. The Kier molecular flexibility index (Phi) is 4.04. The molecule has 2 rings (SSSR count). The van der Waals surface area contributed by atoms with Crippen LogP contribution in [0, 0.1) is 5.82 Å². The molecule has 1 atom stereocenters. The first-order chi connectivity index (χ1) is 8.99. The van der Waals surface area contributed by atoms with Crippen molar-refractivity contribution in [2.75, 3.05) is 0 Å². The third kappa shape index (κ3) is 2.56. The van der Waals surface area contributed by atoms with Gasteiger partial charge in [-0.2, -0.15) is 0 Å². The topological polar surface area (TPSA) is 37.3 Å². The second-order valence-corrected chi connectivity index (χ2v) is 5.26. The highest BCUT2D eigenvalue weighted by molar-refractivity contribution is 9.10. The predicted octanol–water partition coefficient (Wildman–Crippen LogP) is 3.68. The van der Waals surface area contributed by atoms with Crippen molar-refractivity contribution in [1.82, 2.24) is 0 Å². The molecule has 0 aliphatic carbocycles. The first kappa shape index (κ1) is 14.2. The second kappa shape index (κ2) is 5.41. The van der Waals surface area contributed by atoms with Crippen LogP contribution in [0.25, 0.3) is 0 Å². The Hall–Kier alpha value is -1.23. The summed E-state index contributed by atoms with van der Waals surface area (Å²) in [6.07, 6.45) is 0.399. The van der Waals surface area contributed by atoms with Crippen LogP contribution in [0.2, 0.25) is 5.02 Å². The number of rotatable bonds is 3. The number of aldehydes is 1. The van der Waals surface area contributed by atoms with E-state index in [9.17, 15) is 14.3 Å². The van der Waals surface area contributed by atoms with E-state index in [1.807, 2.05) is 0 Å². The number of benzene rings is 2. The van der Waals surface area contributed by atoms with Crippen molar-refractivity contribution in [2.45, 2.75) is 5.60 Å². The molecule has 0 fully saturated rings. The molecule has 1 N–H and O–H groups in total. The summed E-state index contributed by atoms with van der Waals surface area (Å²) in [4.78, 5) is 11.4. The average molecular weight is 344 g/mol. The van der Waals surface area contributed by atoms with E-state index in [1.165, 1.54) is 6.07 Å². The highest BCUT2D eigenvalue weighted by Gasteiger charge is 2.33. The zero-order valence-corrected chi connectivity index (χ0v) is 12.0. The number of carbonyl (C=O) groups is 1. The Bertz CT molecular complexity index is 618. The van der Waals surface area contributed by atoms with Gasteiger partial charge in [0.1, 0.15) is 5.82 Å². The molecule has 19 heavy (non-hydrogen) atoms. The van der Waals surface area contributed by atoms with Crippen molar-refractivity contribution in [2.24, 2.45) is 0 Å². The minimum atomic E-state index is -1.88. The van der Waals surface area contributed by atoms with Crippen LogP contribution in [0.1, 0.15) is 11.1 Å². The number of hydrogen-bond donors (Lipinski definition) is 1. The molecule has 0 saturated heterocycles. The molecule has 0 heterocycles. The fraction of sp³-hybridized carbons (Fsp3) is 0.0714. The van der Waals surface area contributed by atoms with Gasteiger partial charge in [-0.05, 0) is 17.7 Å². The Morgan fingerprint density at radius 2 is 1.89 bits per heavy atom. The van der Waals surface area contributed by atoms with Gasteiger partial charge in [-0.3, -0.25) is 4.79 Å². The van der Waals surface area contributed by atoms with E-state index in [1.54, 1.807) is 30.3 Å². The van der Waals surface area contributed by atoms with Crippen LogP contribution in [-0.2, 0) is 10.4 Å². The Morgan fingerprint density at radius 3 is 2.47 bits per heavy atom. The average Bonchev–Trinajstić information content (AvgIpc) is 2.43. The molecule has 0 saturated carbocycles. The van der Waals surface area contributed by atoms with Crippen LogP contribution in [0.3, 0.4) is 0 Å². The van der Waals surface area contributed by atoms with E-state index in [0.717, 1.165) is 6.07 Å². The van der Waals surface area contributed by atoms with Crippen molar-refractivity contribution >= 4 is 33.8 Å². The van der Waals surface area contributed by atoms with Crippen molar-refractivity contribution < 1.29 is 14.3 Å². The number of halogens is 3. The Labute approximate surface area is 123 Å². The molecular formula is C14H9BrClFO2. The Morgan fingerprint density at radius 1 is 1.26 bits per heavy atom. The monoisotopic (exact) mass is 342 g/mol. The summed E-state index contributed by atoms with van der Waals surface area (Å²) in [6.45, 7) is 0. The maximum Gasteiger partial charge on any atom is 0.171 e. The van der Waals surface area contributed by atoms with Crippen LogP contribution >= 0.6 is 27.5 Å². The van der Waals surface area contributed by atoms with Crippen molar-refractivity contribution in [3.05, 3.63) is 68.9 Å². The zero-order valence-electron chi connectivity index (χ0n) is 9.61. The molecule has 0 bridgehead atoms. The van der Waals surface area contributed by atoms with E-state index < -0.39 is 11.4 Å². The maximum absolute atomic E-state index is 13.3. The minimum absolute atomic E-state index is 0.158. The van der Waals surface area contributed by atoms with Gasteiger partial charge in [-0.1, -0.05) is 57.9 Å². The first-order valence-electron chi connectivity index (χ1n) is 5.38. The van der Waals surface area contributed by atoms with Crippen molar-refractivity contribution in [3.63, 3.8) is 0 Å². The van der Waals surface area contributed by atoms with E-state index in [0.29, 0.717) is 11.8 Å². The summed E-state index contributed by atoms with van der Waals surface area (Å²) in [5.74, 6) is -0.626. The van der Waals surface area contributed by atoms with Crippen molar-refractivity contribution in [3.8, 4) is 0 Å². The van der Waals surface area contributed by atoms with Gasteiger partial charge in [-0.15, -0.1) is 0 Å². The molecule has 1 unspecified atom stereocenters. The second-order valence-electron chi connectivity index (χ2n) is 4.00. The van der Waals surface area contributed by atoms with Gasteiger partial charge in [0.2, 0.25) is 0 Å². The summed E-state index contributed by atoms with van der Waals surface area (Å²) in [7, 11) is 0. The quantitative estimate of drug-likeness (QED) is 0.682. The lowest BCUT2D eigenvalue weighted by atomic mass is 9.88. The van der Waals surface area contributed by atoms with Crippen LogP contribution in [0.4, 0.5) is 4.39 Å². The van der Waals surface area contributed by atoms with Crippen LogP contribution < -0.4 is 0 Å². The molecular weight excluding hydrogens is 335 g/mol. The van der Waals surface area contributed by atoms with E-state index in [2.05, 4.69) is 15.9 Å². The minimum Gasteiger partial charge on any atom is -0.373 e. The lowest BCUT2D eigenvalue weighted by molar-refractivity contribution is -0.121. The summed E-state index contributed by atoms with van der Waals surface area (Å²) in [5.41, 5.74) is -1.30. The predicted molar refractivity (Wildman–Crippen MR) is 74.6 cm³/mol. The molecule has 0 aliphatic rings. The molecule has 0 amide bonds. The lowest BCUT2D eigenvalue weighted by Crippen LogP contribution is -2.29. The summed E-state index contributed by atoms with van der Waals surface area (Å²) in [6, 6.07) is 10.7. The molecule has 2 nitrogen and oxygen atoms in total. The molecule has 2 aromatic carbocycles. The SMILES string of the molecule is O=CC(O)(c1ccccc1)c1cc(Cl)c(F)cc1Br. The van der Waals surface area contributed by atoms with Gasteiger partial charge in [0.15, 0.2) is 11.9 Å². The Balaban J connectivity index is 2.66. The number of aliphatic hydroxyl groups is 1. The van der Waals surface area contributed by atoms with Crippen LogP contribution in [0.15, 0.2) is 46.9 Å². The largest absolute Gasteiger partial charge is 0.373 e. The zero-order chi connectivity index (χ0) is 14.0. The fourth-order valence-corrected chi connectivity index (χ4v) is 2.58. The van der Waals surface area contributed by atoms with E-state index in [4.69, 9.17) is 11.6 Å². The van der Waals surface area contributed by atoms with Gasteiger partial charge >= 0.3 is 0 Å². The van der Waals surface area contributed by atoms with Crippen LogP contribution in [-0.4, -0.2) is 11.4 Å². The van der Waals surface area contributed by atoms with Crippen molar-refractivity contribution in [1.29, 1.82) is 0 Å². The number of hydrogen-bond acceptors (Lipinski definition) is 2. The van der Waals surface area contributed by atoms with Gasteiger partial charge < -0.3 is 5.11 Å². The first-order valence-corrected chi connectivity index (χ1v) is 6.55. The normalized spacial score (nSPS) is 13.9. The number of carbonyl (C=O) groups excluding carboxylic acids is 1. The summed E-state index contributed by atoms with van der Waals surface area (Å²) < 4.78 is 13.6. The van der Waals surface area contributed by atoms with Gasteiger partial charge in [-0.25, -0.2) is 4.39 Å². The maximum atomic E-state index is 13.3.